The van der Waals surface area contributed by atoms with Crippen LogP contribution in [0.3, 0.4) is 0 Å². The fraction of sp³-hybridized carbons (Fsp3) is 0.389. The molecule has 0 bridgehead atoms. The summed E-state index contributed by atoms with van der Waals surface area (Å²) in [5.74, 6) is 0.987. The zero-order valence-corrected chi connectivity index (χ0v) is 13.6. The Bertz CT molecular complexity index is 605. The fourth-order valence-corrected chi connectivity index (χ4v) is 2.29. The normalized spacial score (nSPS) is 11.0. The second-order valence-electron chi connectivity index (χ2n) is 5.91. The molecule has 3 heteroatoms. The van der Waals surface area contributed by atoms with Crippen LogP contribution in [-0.2, 0) is 6.54 Å². The predicted octanol–water partition coefficient (Wildman–Crippen LogP) is 3.96. The molecule has 0 aliphatic carbocycles. The van der Waals surface area contributed by atoms with E-state index in [1.165, 1.54) is 11.1 Å². The quantitative estimate of drug-likeness (QED) is 0.900. The lowest BCUT2D eigenvalue weighted by molar-refractivity contribution is 0.588. The second-order valence-corrected chi connectivity index (χ2v) is 5.91. The van der Waals surface area contributed by atoms with Gasteiger partial charge in [0.05, 0.1) is 0 Å². The van der Waals surface area contributed by atoms with Crippen molar-refractivity contribution in [3.8, 4) is 0 Å². The van der Waals surface area contributed by atoms with Crippen molar-refractivity contribution in [3.05, 3.63) is 53.2 Å². The lowest BCUT2D eigenvalue weighted by Gasteiger charge is -2.20. The summed E-state index contributed by atoms with van der Waals surface area (Å²) < 4.78 is 0. The molecule has 0 saturated heterocycles. The van der Waals surface area contributed by atoms with Gasteiger partial charge < -0.3 is 10.2 Å². The van der Waals surface area contributed by atoms with Crippen LogP contribution >= 0.6 is 0 Å². The minimum Gasteiger partial charge on any atom is -0.329 e. The molecule has 1 N–H and O–H groups in total. The first-order valence-electron chi connectivity index (χ1n) is 7.47. The minimum absolute atomic E-state index is 0.483. The molecule has 1 heterocycles. The molecule has 0 aliphatic heterocycles. The summed E-state index contributed by atoms with van der Waals surface area (Å²) >= 11 is 0. The largest absolute Gasteiger partial charge is 0.329 e. The van der Waals surface area contributed by atoms with E-state index in [1.54, 1.807) is 0 Å². The van der Waals surface area contributed by atoms with Crippen LogP contribution in [0.1, 0.15) is 30.7 Å². The Hall–Kier alpha value is -1.87. The molecule has 112 valence electrons. The van der Waals surface area contributed by atoms with E-state index in [-0.39, 0.29) is 0 Å². The van der Waals surface area contributed by atoms with Crippen LogP contribution < -0.4 is 10.2 Å². The number of aryl methyl sites for hydroxylation is 2. The van der Waals surface area contributed by atoms with Crippen LogP contribution in [0.4, 0.5) is 11.5 Å². The number of nitrogens with zero attached hydrogens (tertiary/aromatic N) is 2. The Balaban J connectivity index is 2.26. The van der Waals surface area contributed by atoms with Crippen LogP contribution in [0.2, 0.25) is 0 Å². The molecule has 0 atom stereocenters. The average Bonchev–Trinajstić information content (AvgIpc) is 2.43. The van der Waals surface area contributed by atoms with Gasteiger partial charge >= 0.3 is 0 Å². The van der Waals surface area contributed by atoms with E-state index in [9.17, 15) is 0 Å². The molecule has 0 saturated carbocycles. The van der Waals surface area contributed by atoms with Crippen molar-refractivity contribution in [1.29, 1.82) is 0 Å². The zero-order valence-electron chi connectivity index (χ0n) is 13.6. The maximum Gasteiger partial charge on any atom is 0.133 e. The highest BCUT2D eigenvalue weighted by Gasteiger charge is 2.08. The Morgan fingerprint density at radius 3 is 2.57 bits per heavy atom. The van der Waals surface area contributed by atoms with Crippen LogP contribution in [0, 0.1) is 13.8 Å². The molecule has 2 rings (SSSR count). The third-order valence-corrected chi connectivity index (χ3v) is 3.45. The van der Waals surface area contributed by atoms with Crippen molar-refractivity contribution in [3.63, 3.8) is 0 Å². The van der Waals surface area contributed by atoms with Crippen molar-refractivity contribution in [1.82, 2.24) is 10.3 Å². The van der Waals surface area contributed by atoms with E-state index in [0.717, 1.165) is 23.7 Å². The summed E-state index contributed by atoms with van der Waals surface area (Å²) in [6.07, 6.45) is 0. The monoisotopic (exact) mass is 283 g/mol. The van der Waals surface area contributed by atoms with E-state index in [4.69, 9.17) is 0 Å². The standard InChI is InChI=1S/C18H25N3/c1-13(2)19-12-16-10-15(4)20-18(11-16)21(5)17-8-6-7-14(3)9-17/h6-11,13,19H,12H2,1-5H3. The molecular weight excluding hydrogens is 258 g/mol. The van der Waals surface area contributed by atoms with Crippen molar-refractivity contribution < 1.29 is 0 Å². The van der Waals surface area contributed by atoms with Gasteiger partial charge in [0.25, 0.3) is 0 Å². The fourth-order valence-electron chi connectivity index (χ4n) is 2.29. The van der Waals surface area contributed by atoms with E-state index in [0.29, 0.717) is 6.04 Å². The van der Waals surface area contributed by atoms with Gasteiger partial charge in [-0.15, -0.1) is 0 Å². The molecule has 0 radical (unpaired) electrons. The maximum absolute atomic E-state index is 4.67. The lowest BCUT2D eigenvalue weighted by atomic mass is 10.2. The Morgan fingerprint density at radius 2 is 1.90 bits per heavy atom. The van der Waals surface area contributed by atoms with Gasteiger partial charge in [-0.25, -0.2) is 4.98 Å². The summed E-state index contributed by atoms with van der Waals surface area (Å²) in [7, 11) is 2.07. The second kappa shape index (κ2) is 6.72. The summed E-state index contributed by atoms with van der Waals surface area (Å²) in [5, 5.41) is 3.46. The van der Waals surface area contributed by atoms with E-state index >= 15 is 0 Å². The molecule has 0 fully saturated rings. The molecule has 3 nitrogen and oxygen atoms in total. The molecule has 1 aromatic carbocycles. The van der Waals surface area contributed by atoms with Gasteiger partial charge in [-0.1, -0.05) is 26.0 Å². The zero-order chi connectivity index (χ0) is 15.4. The summed E-state index contributed by atoms with van der Waals surface area (Å²) in [6.45, 7) is 9.35. The van der Waals surface area contributed by atoms with Crippen LogP contribution in [-0.4, -0.2) is 18.1 Å². The van der Waals surface area contributed by atoms with Gasteiger partial charge in [-0.05, 0) is 49.2 Å². The highest BCUT2D eigenvalue weighted by molar-refractivity contribution is 5.60. The Kier molecular flexibility index (Phi) is 4.97. The molecule has 21 heavy (non-hydrogen) atoms. The van der Waals surface area contributed by atoms with Gasteiger partial charge in [-0.2, -0.15) is 0 Å². The Morgan fingerprint density at radius 1 is 1.14 bits per heavy atom. The molecule has 0 amide bonds. The summed E-state index contributed by atoms with van der Waals surface area (Å²) in [6, 6.07) is 13.3. The first-order chi connectivity index (χ1) is 9.95. The van der Waals surface area contributed by atoms with Gasteiger partial charge in [0.15, 0.2) is 0 Å². The molecule has 0 aliphatic rings. The number of benzene rings is 1. The number of nitrogens with one attached hydrogen (secondary N) is 1. The van der Waals surface area contributed by atoms with Crippen molar-refractivity contribution >= 4 is 11.5 Å². The third kappa shape index (κ3) is 4.30. The average molecular weight is 283 g/mol. The molecule has 2 aromatic rings. The minimum atomic E-state index is 0.483. The molecule has 0 spiro atoms. The van der Waals surface area contributed by atoms with Crippen LogP contribution in [0.15, 0.2) is 36.4 Å². The molecular formula is C18H25N3. The predicted molar refractivity (Wildman–Crippen MR) is 90.2 cm³/mol. The number of rotatable bonds is 5. The summed E-state index contributed by atoms with van der Waals surface area (Å²) in [4.78, 5) is 6.80. The van der Waals surface area contributed by atoms with Crippen molar-refractivity contribution in [2.45, 2.75) is 40.3 Å². The van der Waals surface area contributed by atoms with E-state index in [2.05, 4.69) is 79.4 Å². The first kappa shape index (κ1) is 15.5. The van der Waals surface area contributed by atoms with Gasteiger partial charge in [0.2, 0.25) is 0 Å². The number of pyridine rings is 1. The van der Waals surface area contributed by atoms with Crippen LogP contribution in [0.25, 0.3) is 0 Å². The topological polar surface area (TPSA) is 28.2 Å². The number of hydrogen-bond acceptors (Lipinski definition) is 3. The highest BCUT2D eigenvalue weighted by Crippen LogP contribution is 2.23. The van der Waals surface area contributed by atoms with E-state index in [1.807, 2.05) is 6.92 Å². The smallest absolute Gasteiger partial charge is 0.133 e. The number of hydrogen-bond donors (Lipinski definition) is 1. The van der Waals surface area contributed by atoms with Crippen molar-refractivity contribution in [2.75, 3.05) is 11.9 Å². The maximum atomic E-state index is 4.67. The number of aromatic nitrogens is 1. The Labute approximate surface area is 128 Å². The van der Waals surface area contributed by atoms with E-state index < -0.39 is 0 Å². The highest BCUT2D eigenvalue weighted by atomic mass is 15.2. The number of anilines is 2. The van der Waals surface area contributed by atoms with Crippen LogP contribution in [0.5, 0.6) is 0 Å². The van der Waals surface area contributed by atoms with Crippen molar-refractivity contribution in [2.24, 2.45) is 0 Å². The summed E-state index contributed by atoms with van der Waals surface area (Å²) in [5.41, 5.74) is 4.74. The molecule has 0 unspecified atom stereocenters. The first-order valence-corrected chi connectivity index (χ1v) is 7.47. The van der Waals surface area contributed by atoms with Gasteiger partial charge in [0.1, 0.15) is 5.82 Å². The lowest BCUT2D eigenvalue weighted by Crippen LogP contribution is -2.22. The van der Waals surface area contributed by atoms with Gasteiger partial charge in [0, 0.05) is 31.0 Å². The SMILES string of the molecule is Cc1cccc(N(C)c2cc(CNC(C)C)cc(C)n2)c1. The third-order valence-electron chi connectivity index (χ3n) is 3.45. The molecule has 1 aromatic heterocycles. The van der Waals surface area contributed by atoms with Gasteiger partial charge in [-0.3, -0.25) is 0 Å².